The monoisotopic (exact) mass is 350 g/mol. The predicted molar refractivity (Wildman–Crippen MR) is 89.7 cm³/mol. The van der Waals surface area contributed by atoms with Crippen LogP contribution in [0.1, 0.15) is 18.9 Å². The van der Waals surface area contributed by atoms with Crippen LogP contribution in [0.4, 0.5) is 8.78 Å². The van der Waals surface area contributed by atoms with Crippen molar-refractivity contribution < 1.29 is 18.3 Å². The summed E-state index contributed by atoms with van der Waals surface area (Å²) in [5.74, 6) is -2.09. The number of hydrogen-bond donors (Lipinski definition) is 1. The summed E-state index contributed by atoms with van der Waals surface area (Å²) in [5, 5.41) is 3.07. The Morgan fingerprint density at radius 1 is 1.35 bits per heavy atom. The number of halogens is 3. The van der Waals surface area contributed by atoms with Crippen molar-refractivity contribution in [1.29, 1.82) is 0 Å². The lowest BCUT2D eigenvalue weighted by atomic mass is 10.1. The molecule has 0 saturated heterocycles. The molecule has 0 unspecified atom stereocenters. The Kier molecular flexibility index (Phi) is 9.76. The van der Waals surface area contributed by atoms with Crippen LogP contribution < -0.4 is 10.1 Å². The van der Waals surface area contributed by atoms with Crippen molar-refractivity contribution in [2.45, 2.75) is 25.7 Å². The van der Waals surface area contributed by atoms with Crippen LogP contribution in [0.15, 0.2) is 24.3 Å². The van der Waals surface area contributed by atoms with Crippen molar-refractivity contribution in [3.63, 3.8) is 0 Å². The zero-order valence-electron chi connectivity index (χ0n) is 13.8. The molecule has 0 aliphatic carbocycles. The maximum absolute atomic E-state index is 12.7. The van der Waals surface area contributed by atoms with E-state index in [-0.39, 0.29) is 31.3 Å². The van der Waals surface area contributed by atoms with E-state index in [4.69, 9.17) is 4.74 Å². The highest BCUT2D eigenvalue weighted by Crippen LogP contribution is 2.19. The minimum atomic E-state index is -2.71. The molecule has 1 rings (SSSR count). The summed E-state index contributed by atoms with van der Waals surface area (Å²) in [5.41, 5.74) is 1.03. The first kappa shape index (κ1) is 21.6. The average molecular weight is 351 g/mol. The molecule has 1 aromatic rings. The number of nitrogens with one attached hydrogen (secondary N) is 1. The normalized spacial score (nSPS) is 10.8. The van der Waals surface area contributed by atoms with Crippen molar-refractivity contribution in [2.24, 2.45) is 0 Å². The van der Waals surface area contributed by atoms with E-state index in [0.29, 0.717) is 18.8 Å². The van der Waals surface area contributed by atoms with Crippen molar-refractivity contribution in [1.82, 2.24) is 10.2 Å². The molecule has 0 aliphatic rings. The summed E-state index contributed by atoms with van der Waals surface area (Å²) in [6.45, 7) is 1.83. The topological polar surface area (TPSA) is 41.6 Å². The molecule has 4 nitrogen and oxygen atoms in total. The summed E-state index contributed by atoms with van der Waals surface area (Å²) in [6.07, 6.45) is 0.438. The van der Waals surface area contributed by atoms with E-state index in [1.54, 1.807) is 20.2 Å². The smallest absolute Gasteiger partial charge is 0.248 e. The van der Waals surface area contributed by atoms with Crippen LogP contribution in [-0.2, 0) is 11.2 Å². The number of likely N-dealkylation sites (N-methyl/N-ethyl adjacent to an activating group) is 1. The van der Waals surface area contributed by atoms with Gasteiger partial charge in [0.2, 0.25) is 11.8 Å². The van der Waals surface area contributed by atoms with Gasteiger partial charge in [0.05, 0.1) is 13.2 Å². The van der Waals surface area contributed by atoms with Gasteiger partial charge in [-0.3, -0.25) is 4.79 Å². The number of carbonyl (C=O) groups excluding carboxylic acids is 1. The SMILES string of the molecule is CN(C)C(=O)CNCCc1cccc(OCCC(C)(F)F)c1.Cl. The molecule has 0 radical (unpaired) electrons. The van der Waals surface area contributed by atoms with Crippen LogP contribution in [0.5, 0.6) is 5.75 Å². The molecule has 7 heteroatoms. The lowest BCUT2D eigenvalue weighted by Gasteiger charge is -2.12. The molecule has 0 heterocycles. The molecule has 1 amide bonds. The minimum absolute atomic E-state index is 0. The van der Waals surface area contributed by atoms with Crippen LogP contribution in [0.25, 0.3) is 0 Å². The molecular weight excluding hydrogens is 326 g/mol. The molecule has 0 saturated carbocycles. The Balaban J connectivity index is 0.00000484. The third kappa shape index (κ3) is 10.1. The predicted octanol–water partition coefficient (Wildman–Crippen LogP) is 2.75. The third-order valence-electron chi connectivity index (χ3n) is 3.07. The van der Waals surface area contributed by atoms with Crippen LogP contribution in [0, 0.1) is 0 Å². The molecule has 0 aliphatic heterocycles. The van der Waals surface area contributed by atoms with E-state index in [1.807, 2.05) is 18.2 Å². The largest absolute Gasteiger partial charge is 0.493 e. The quantitative estimate of drug-likeness (QED) is 0.696. The maximum Gasteiger partial charge on any atom is 0.248 e. The van der Waals surface area contributed by atoms with E-state index in [0.717, 1.165) is 18.9 Å². The number of nitrogens with zero attached hydrogens (tertiary/aromatic N) is 1. The molecular formula is C16H25ClF2N2O2. The molecule has 0 spiro atoms. The molecule has 0 bridgehead atoms. The van der Waals surface area contributed by atoms with E-state index in [9.17, 15) is 13.6 Å². The molecule has 132 valence electrons. The van der Waals surface area contributed by atoms with Gasteiger partial charge in [-0.15, -0.1) is 12.4 Å². The minimum Gasteiger partial charge on any atom is -0.493 e. The van der Waals surface area contributed by atoms with Crippen molar-refractivity contribution in [3.05, 3.63) is 29.8 Å². The number of alkyl halides is 2. The molecule has 0 atom stereocenters. The van der Waals surface area contributed by atoms with Gasteiger partial charge in [-0.05, 0) is 37.6 Å². The average Bonchev–Trinajstić information content (AvgIpc) is 2.42. The maximum atomic E-state index is 12.7. The van der Waals surface area contributed by atoms with E-state index >= 15 is 0 Å². The van der Waals surface area contributed by atoms with Gasteiger partial charge in [-0.2, -0.15) is 0 Å². The van der Waals surface area contributed by atoms with Gasteiger partial charge in [0, 0.05) is 20.5 Å². The number of amides is 1. The van der Waals surface area contributed by atoms with E-state index in [1.165, 1.54) is 4.90 Å². The Bertz CT molecular complexity index is 479. The Morgan fingerprint density at radius 3 is 2.65 bits per heavy atom. The van der Waals surface area contributed by atoms with Crippen LogP contribution in [-0.4, -0.2) is 50.5 Å². The molecule has 1 N–H and O–H groups in total. The third-order valence-corrected chi connectivity index (χ3v) is 3.07. The number of benzene rings is 1. The first-order valence-corrected chi connectivity index (χ1v) is 7.28. The van der Waals surface area contributed by atoms with E-state index in [2.05, 4.69) is 5.32 Å². The highest BCUT2D eigenvalue weighted by Gasteiger charge is 2.20. The van der Waals surface area contributed by atoms with Crippen molar-refractivity contribution in [2.75, 3.05) is 33.8 Å². The second kappa shape index (κ2) is 10.4. The summed E-state index contributed by atoms with van der Waals surface area (Å²) in [4.78, 5) is 12.9. The van der Waals surface area contributed by atoms with Gasteiger partial charge < -0.3 is 15.0 Å². The van der Waals surface area contributed by atoms with Crippen molar-refractivity contribution >= 4 is 18.3 Å². The zero-order chi connectivity index (χ0) is 16.6. The first-order valence-electron chi connectivity index (χ1n) is 7.28. The van der Waals surface area contributed by atoms with Crippen LogP contribution >= 0.6 is 12.4 Å². The fourth-order valence-electron chi connectivity index (χ4n) is 1.73. The highest BCUT2D eigenvalue weighted by atomic mass is 35.5. The standard InChI is InChI=1S/C16H24F2N2O2.ClH/c1-16(17,18)8-10-22-14-6-4-5-13(11-14)7-9-19-12-15(21)20(2)3;/h4-6,11,19H,7-10,12H2,1-3H3;1H. The number of ether oxygens (including phenoxy) is 1. The number of carbonyl (C=O) groups is 1. The Labute approximate surface area is 142 Å². The summed E-state index contributed by atoms with van der Waals surface area (Å²) >= 11 is 0. The lowest BCUT2D eigenvalue weighted by molar-refractivity contribution is -0.127. The second-order valence-electron chi connectivity index (χ2n) is 5.53. The molecule has 0 fully saturated rings. The Morgan fingerprint density at radius 2 is 2.04 bits per heavy atom. The first-order chi connectivity index (χ1) is 10.3. The molecule has 23 heavy (non-hydrogen) atoms. The van der Waals surface area contributed by atoms with Crippen LogP contribution in [0.3, 0.4) is 0 Å². The second-order valence-corrected chi connectivity index (χ2v) is 5.53. The van der Waals surface area contributed by atoms with Gasteiger partial charge >= 0.3 is 0 Å². The van der Waals surface area contributed by atoms with Gasteiger partial charge in [0.15, 0.2) is 0 Å². The fourth-order valence-corrected chi connectivity index (χ4v) is 1.73. The molecule has 1 aromatic carbocycles. The van der Waals surface area contributed by atoms with Crippen molar-refractivity contribution in [3.8, 4) is 5.75 Å². The van der Waals surface area contributed by atoms with Gasteiger partial charge in [0.25, 0.3) is 0 Å². The van der Waals surface area contributed by atoms with Gasteiger partial charge in [-0.25, -0.2) is 8.78 Å². The van der Waals surface area contributed by atoms with Gasteiger partial charge in [-0.1, -0.05) is 12.1 Å². The summed E-state index contributed by atoms with van der Waals surface area (Å²) < 4.78 is 30.8. The van der Waals surface area contributed by atoms with E-state index < -0.39 is 5.92 Å². The number of rotatable bonds is 9. The zero-order valence-corrected chi connectivity index (χ0v) is 14.6. The van der Waals surface area contributed by atoms with Gasteiger partial charge in [0.1, 0.15) is 5.75 Å². The molecule has 0 aromatic heterocycles. The fraction of sp³-hybridized carbons (Fsp3) is 0.562. The summed E-state index contributed by atoms with van der Waals surface area (Å²) in [7, 11) is 3.43. The summed E-state index contributed by atoms with van der Waals surface area (Å²) in [6, 6.07) is 7.36. The highest BCUT2D eigenvalue weighted by molar-refractivity contribution is 5.85. The lowest BCUT2D eigenvalue weighted by Crippen LogP contribution is -2.33. The van der Waals surface area contributed by atoms with Crippen LogP contribution in [0.2, 0.25) is 0 Å². The Hall–Kier alpha value is -1.40. The number of hydrogen-bond acceptors (Lipinski definition) is 3.